The molecule has 6 heteroatoms. The summed E-state index contributed by atoms with van der Waals surface area (Å²) in [5.74, 6) is 0.986. The van der Waals surface area contributed by atoms with E-state index in [-0.39, 0.29) is 11.1 Å². The highest BCUT2D eigenvalue weighted by molar-refractivity contribution is 7.99. The molecule has 0 amide bonds. The molecule has 0 aliphatic carbocycles. The van der Waals surface area contributed by atoms with E-state index in [4.69, 9.17) is 9.15 Å². The fourth-order valence-corrected chi connectivity index (χ4v) is 2.87. The Morgan fingerprint density at radius 1 is 1.04 bits per heavy atom. The normalized spacial score (nSPS) is 12.1. The van der Waals surface area contributed by atoms with E-state index in [1.807, 2.05) is 31.2 Å². The van der Waals surface area contributed by atoms with Crippen LogP contribution >= 0.6 is 11.8 Å². The van der Waals surface area contributed by atoms with Crippen LogP contribution in [0.4, 0.5) is 4.39 Å². The molecule has 0 aliphatic rings. The van der Waals surface area contributed by atoms with E-state index in [0.29, 0.717) is 11.1 Å². The van der Waals surface area contributed by atoms with Crippen LogP contribution in [0.3, 0.4) is 0 Å². The molecule has 1 unspecified atom stereocenters. The first-order valence-corrected chi connectivity index (χ1v) is 7.94. The fourth-order valence-electron chi connectivity index (χ4n) is 2.06. The number of ether oxygens (including phenoxy) is 1. The summed E-state index contributed by atoms with van der Waals surface area (Å²) in [6.45, 7) is 2.01. The molecule has 0 bridgehead atoms. The van der Waals surface area contributed by atoms with Gasteiger partial charge in [-0.2, -0.15) is 0 Å². The molecular weight excluding hydrogens is 315 g/mol. The van der Waals surface area contributed by atoms with Crippen LogP contribution in [-0.4, -0.2) is 17.3 Å². The summed E-state index contributed by atoms with van der Waals surface area (Å²) in [5.41, 5.74) is 1.83. The van der Waals surface area contributed by atoms with Gasteiger partial charge in [-0.3, -0.25) is 0 Å². The van der Waals surface area contributed by atoms with Crippen molar-refractivity contribution in [3.05, 3.63) is 59.9 Å². The Morgan fingerprint density at radius 3 is 2.39 bits per heavy atom. The van der Waals surface area contributed by atoms with Gasteiger partial charge in [0.25, 0.3) is 5.22 Å². The number of halogens is 1. The highest BCUT2D eigenvalue weighted by atomic mass is 32.2. The van der Waals surface area contributed by atoms with Gasteiger partial charge in [-0.05, 0) is 48.9 Å². The van der Waals surface area contributed by atoms with Crippen molar-refractivity contribution in [2.45, 2.75) is 17.4 Å². The average Bonchev–Trinajstić information content (AvgIpc) is 3.04. The molecule has 3 rings (SSSR count). The summed E-state index contributed by atoms with van der Waals surface area (Å²) in [7, 11) is 1.62. The average molecular weight is 330 g/mol. The quantitative estimate of drug-likeness (QED) is 0.633. The lowest BCUT2D eigenvalue weighted by atomic mass is 10.2. The van der Waals surface area contributed by atoms with E-state index >= 15 is 0 Å². The second-order valence-electron chi connectivity index (χ2n) is 4.91. The van der Waals surface area contributed by atoms with Crippen molar-refractivity contribution >= 4 is 11.8 Å². The second-order valence-corrected chi connectivity index (χ2v) is 6.21. The Bertz CT molecular complexity index is 772. The van der Waals surface area contributed by atoms with Gasteiger partial charge in [0.15, 0.2) is 0 Å². The molecule has 0 fully saturated rings. The summed E-state index contributed by atoms with van der Waals surface area (Å²) in [4.78, 5) is 0. The van der Waals surface area contributed by atoms with E-state index < -0.39 is 0 Å². The zero-order valence-corrected chi connectivity index (χ0v) is 13.5. The molecule has 3 aromatic rings. The van der Waals surface area contributed by atoms with Crippen molar-refractivity contribution in [3.8, 4) is 17.2 Å². The third-order valence-corrected chi connectivity index (χ3v) is 4.35. The molecule has 0 spiro atoms. The van der Waals surface area contributed by atoms with Gasteiger partial charge in [0.05, 0.1) is 7.11 Å². The monoisotopic (exact) mass is 330 g/mol. The van der Waals surface area contributed by atoms with Crippen LogP contribution in [0.5, 0.6) is 5.75 Å². The number of thioether (sulfide) groups is 1. The van der Waals surface area contributed by atoms with E-state index in [0.717, 1.165) is 16.9 Å². The summed E-state index contributed by atoms with van der Waals surface area (Å²) < 4.78 is 23.8. The van der Waals surface area contributed by atoms with Crippen LogP contribution < -0.4 is 4.74 Å². The maximum absolute atomic E-state index is 13.0. The minimum Gasteiger partial charge on any atom is -0.497 e. The molecular formula is C17H15FN2O2S. The second kappa shape index (κ2) is 6.83. The van der Waals surface area contributed by atoms with Crippen molar-refractivity contribution in [3.63, 3.8) is 0 Å². The van der Waals surface area contributed by atoms with Gasteiger partial charge in [0, 0.05) is 10.8 Å². The lowest BCUT2D eigenvalue weighted by Gasteiger charge is -2.08. The summed E-state index contributed by atoms with van der Waals surface area (Å²) in [6, 6.07) is 13.8. The number of benzene rings is 2. The first kappa shape index (κ1) is 15.6. The van der Waals surface area contributed by atoms with Crippen LogP contribution in [-0.2, 0) is 0 Å². The van der Waals surface area contributed by atoms with Crippen molar-refractivity contribution in [1.82, 2.24) is 10.2 Å². The highest BCUT2D eigenvalue weighted by Crippen LogP contribution is 2.35. The van der Waals surface area contributed by atoms with Crippen molar-refractivity contribution in [2.24, 2.45) is 0 Å². The molecule has 2 aromatic carbocycles. The first-order valence-electron chi connectivity index (χ1n) is 7.06. The Hall–Kier alpha value is -2.34. The minimum absolute atomic E-state index is 0.0831. The van der Waals surface area contributed by atoms with Crippen LogP contribution in [0.25, 0.3) is 11.5 Å². The van der Waals surface area contributed by atoms with Crippen LogP contribution in [0.1, 0.15) is 17.7 Å². The molecule has 0 saturated heterocycles. The number of rotatable bonds is 5. The van der Waals surface area contributed by atoms with Crippen molar-refractivity contribution in [2.75, 3.05) is 7.11 Å². The Kier molecular flexibility index (Phi) is 4.62. The molecule has 0 aliphatic heterocycles. The highest BCUT2D eigenvalue weighted by Gasteiger charge is 2.14. The molecule has 1 heterocycles. The maximum atomic E-state index is 13.0. The van der Waals surface area contributed by atoms with Gasteiger partial charge in [-0.1, -0.05) is 23.9 Å². The molecule has 0 N–H and O–H groups in total. The van der Waals surface area contributed by atoms with E-state index in [9.17, 15) is 4.39 Å². The van der Waals surface area contributed by atoms with Gasteiger partial charge >= 0.3 is 0 Å². The zero-order valence-electron chi connectivity index (χ0n) is 12.7. The number of methoxy groups -OCH3 is 1. The SMILES string of the molecule is COc1ccc(-c2nnc(SC(C)c3ccc(F)cc3)o2)cc1. The summed E-state index contributed by atoms with van der Waals surface area (Å²) in [6.07, 6.45) is 0. The first-order chi connectivity index (χ1) is 11.2. The molecule has 118 valence electrons. The predicted octanol–water partition coefficient (Wildman–Crippen LogP) is 4.74. The molecule has 4 nitrogen and oxygen atoms in total. The lowest BCUT2D eigenvalue weighted by Crippen LogP contribution is -1.88. The standard InChI is InChI=1S/C17H15FN2O2S/c1-11(12-3-7-14(18)8-4-12)23-17-20-19-16(22-17)13-5-9-15(21-2)10-6-13/h3-11H,1-2H3. The Labute approximate surface area is 137 Å². The zero-order chi connectivity index (χ0) is 16.2. The van der Waals surface area contributed by atoms with Gasteiger partial charge in [-0.15, -0.1) is 10.2 Å². The third-order valence-electron chi connectivity index (χ3n) is 3.36. The molecule has 23 heavy (non-hydrogen) atoms. The largest absolute Gasteiger partial charge is 0.497 e. The van der Waals surface area contributed by atoms with Crippen molar-refractivity contribution in [1.29, 1.82) is 0 Å². The Morgan fingerprint density at radius 2 is 1.74 bits per heavy atom. The van der Waals surface area contributed by atoms with Crippen LogP contribution in [0, 0.1) is 5.82 Å². The molecule has 1 atom stereocenters. The number of nitrogens with zero attached hydrogens (tertiary/aromatic N) is 2. The summed E-state index contributed by atoms with van der Waals surface area (Å²) >= 11 is 1.44. The Balaban J connectivity index is 1.72. The van der Waals surface area contributed by atoms with Crippen LogP contribution in [0.15, 0.2) is 58.2 Å². The predicted molar refractivity (Wildman–Crippen MR) is 87.0 cm³/mol. The smallest absolute Gasteiger partial charge is 0.277 e. The van der Waals surface area contributed by atoms with E-state index in [1.54, 1.807) is 19.2 Å². The van der Waals surface area contributed by atoms with Gasteiger partial charge < -0.3 is 9.15 Å². The van der Waals surface area contributed by atoms with E-state index in [2.05, 4.69) is 10.2 Å². The topological polar surface area (TPSA) is 48.2 Å². The van der Waals surface area contributed by atoms with Gasteiger partial charge in [-0.25, -0.2) is 4.39 Å². The molecule has 0 radical (unpaired) electrons. The van der Waals surface area contributed by atoms with Gasteiger partial charge in [0.1, 0.15) is 11.6 Å². The van der Waals surface area contributed by atoms with Crippen molar-refractivity contribution < 1.29 is 13.5 Å². The number of hydrogen-bond donors (Lipinski definition) is 0. The summed E-state index contributed by atoms with van der Waals surface area (Å²) in [5, 5.41) is 8.69. The molecule has 1 aromatic heterocycles. The van der Waals surface area contributed by atoms with Crippen LogP contribution in [0.2, 0.25) is 0 Å². The van der Waals surface area contributed by atoms with E-state index in [1.165, 1.54) is 23.9 Å². The number of aromatic nitrogens is 2. The fraction of sp³-hybridized carbons (Fsp3) is 0.176. The maximum Gasteiger partial charge on any atom is 0.277 e. The lowest BCUT2D eigenvalue weighted by molar-refractivity contribution is 0.414. The third kappa shape index (κ3) is 3.71. The molecule has 0 saturated carbocycles. The number of hydrogen-bond acceptors (Lipinski definition) is 5. The minimum atomic E-state index is -0.245. The van der Waals surface area contributed by atoms with Gasteiger partial charge in [0.2, 0.25) is 5.89 Å².